The van der Waals surface area contributed by atoms with E-state index in [1.807, 2.05) is 0 Å². The molecule has 2 heterocycles. The first-order valence-corrected chi connectivity index (χ1v) is 12.7. The molecule has 0 aliphatic carbocycles. The van der Waals surface area contributed by atoms with Crippen LogP contribution in [0.4, 0.5) is 10.1 Å². The minimum absolute atomic E-state index is 0.0831. The minimum Gasteiger partial charge on any atom is -0.342 e. The molecule has 1 N–H and O–H groups in total. The predicted octanol–water partition coefficient (Wildman–Crippen LogP) is 3.03. The second kappa shape index (κ2) is 10.0. The van der Waals surface area contributed by atoms with E-state index in [1.54, 1.807) is 29.2 Å². The molecule has 2 aliphatic heterocycles. The standard InChI is InChI=1S/C24H28FN3O4S/c25-20-6-4-18(5-7-20)12-15-27-17-19(16-23(27)29)24(30)26-21-8-10-22(11-9-21)33(31,32)28-13-2-1-3-14-28/h4-11,19H,1-3,12-17H2,(H,26,30). The Morgan fingerprint density at radius 2 is 1.67 bits per heavy atom. The van der Waals surface area contributed by atoms with Crippen LogP contribution in [0.5, 0.6) is 0 Å². The van der Waals surface area contributed by atoms with Crippen molar-refractivity contribution in [3.05, 3.63) is 59.9 Å². The summed E-state index contributed by atoms with van der Waals surface area (Å²) in [5.74, 6) is -1.12. The Morgan fingerprint density at radius 3 is 2.33 bits per heavy atom. The molecule has 7 nitrogen and oxygen atoms in total. The lowest BCUT2D eigenvalue weighted by molar-refractivity contribution is -0.128. The Morgan fingerprint density at radius 1 is 1.00 bits per heavy atom. The fourth-order valence-electron chi connectivity index (χ4n) is 4.29. The first kappa shape index (κ1) is 23.4. The first-order valence-electron chi connectivity index (χ1n) is 11.3. The van der Waals surface area contributed by atoms with Crippen LogP contribution < -0.4 is 5.32 Å². The molecule has 2 saturated heterocycles. The van der Waals surface area contributed by atoms with Crippen molar-refractivity contribution < 1.29 is 22.4 Å². The zero-order chi connectivity index (χ0) is 23.4. The summed E-state index contributed by atoms with van der Waals surface area (Å²) in [6.07, 6.45) is 3.51. The molecule has 0 radical (unpaired) electrons. The van der Waals surface area contributed by atoms with E-state index in [0.29, 0.717) is 38.3 Å². The van der Waals surface area contributed by atoms with E-state index in [1.165, 1.54) is 28.6 Å². The average Bonchev–Trinajstić information content (AvgIpc) is 3.20. The second-order valence-electron chi connectivity index (χ2n) is 8.60. The van der Waals surface area contributed by atoms with Gasteiger partial charge in [-0.1, -0.05) is 18.6 Å². The maximum absolute atomic E-state index is 13.0. The van der Waals surface area contributed by atoms with Gasteiger partial charge in [0.1, 0.15) is 5.82 Å². The highest BCUT2D eigenvalue weighted by atomic mass is 32.2. The van der Waals surface area contributed by atoms with E-state index >= 15 is 0 Å². The van der Waals surface area contributed by atoms with Gasteiger partial charge in [0.2, 0.25) is 21.8 Å². The number of benzene rings is 2. The van der Waals surface area contributed by atoms with Gasteiger partial charge in [-0.3, -0.25) is 9.59 Å². The van der Waals surface area contributed by atoms with Gasteiger partial charge in [0.05, 0.1) is 10.8 Å². The summed E-state index contributed by atoms with van der Waals surface area (Å²) >= 11 is 0. The van der Waals surface area contributed by atoms with Crippen molar-refractivity contribution in [1.82, 2.24) is 9.21 Å². The third-order valence-electron chi connectivity index (χ3n) is 6.24. The van der Waals surface area contributed by atoms with E-state index < -0.39 is 15.9 Å². The van der Waals surface area contributed by atoms with Crippen molar-refractivity contribution in [2.75, 3.05) is 31.5 Å². The van der Waals surface area contributed by atoms with Crippen molar-refractivity contribution in [1.29, 1.82) is 0 Å². The zero-order valence-electron chi connectivity index (χ0n) is 18.4. The number of sulfonamides is 1. The summed E-state index contributed by atoms with van der Waals surface area (Å²) < 4.78 is 40.1. The lowest BCUT2D eigenvalue weighted by Gasteiger charge is -2.25. The molecule has 2 amide bonds. The smallest absolute Gasteiger partial charge is 0.243 e. The predicted molar refractivity (Wildman–Crippen MR) is 122 cm³/mol. The molecular weight excluding hydrogens is 445 g/mol. The second-order valence-corrected chi connectivity index (χ2v) is 10.5. The number of hydrogen-bond acceptors (Lipinski definition) is 4. The summed E-state index contributed by atoms with van der Waals surface area (Å²) in [4.78, 5) is 26.9. The van der Waals surface area contributed by atoms with Crippen LogP contribution in [0, 0.1) is 11.7 Å². The van der Waals surface area contributed by atoms with Gasteiger partial charge in [0.15, 0.2) is 0 Å². The molecular formula is C24H28FN3O4S. The van der Waals surface area contributed by atoms with Gasteiger partial charge in [-0.2, -0.15) is 4.31 Å². The maximum Gasteiger partial charge on any atom is 0.243 e. The van der Waals surface area contributed by atoms with Crippen LogP contribution in [-0.2, 0) is 26.0 Å². The summed E-state index contributed by atoms with van der Waals surface area (Å²) in [5, 5.41) is 2.80. The number of likely N-dealkylation sites (tertiary alicyclic amines) is 1. The van der Waals surface area contributed by atoms with Crippen LogP contribution >= 0.6 is 0 Å². The molecule has 1 unspecified atom stereocenters. The van der Waals surface area contributed by atoms with E-state index in [4.69, 9.17) is 0 Å². The van der Waals surface area contributed by atoms with Gasteiger partial charge < -0.3 is 10.2 Å². The Kier molecular flexibility index (Phi) is 7.09. The van der Waals surface area contributed by atoms with Gasteiger partial charge in [-0.25, -0.2) is 12.8 Å². The largest absolute Gasteiger partial charge is 0.342 e. The molecule has 4 rings (SSSR count). The van der Waals surface area contributed by atoms with Gasteiger partial charge in [-0.15, -0.1) is 0 Å². The number of hydrogen-bond donors (Lipinski definition) is 1. The van der Waals surface area contributed by atoms with Crippen molar-refractivity contribution in [3.63, 3.8) is 0 Å². The number of amides is 2. The van der Waals surface area contributed by atoms with Gasteiger partial charge in [0.25, 0.3) is 0 Å². The molecule has 0 saturated carbocycles. The highest BCUT2D eigenvalue weighted by molar-refractivity contribution is 7.89. The Bertz CT molecular complexity index is 1100. The summed E-state index contributed by atoms with van der Waals surface area (Å²) in [5.41, 5.74) is 1.42. The van der Waals surface area contributed by atoms with Crippen LogP contribution in [-0.4, -0.2) is 55.6 Å². The summed E-state index contributed by atoms with van der Waals surface area (Å²) in [6.45, 7) is 1.87. The van der Waals surface area contributed by atoms with E-state index in [2.05, 4.69) is 5.32 Å². The number of nitrogens with one attached hydrogen (secondary N) is 1. The highest BCUT2D eigenvalue weighted by Gasteiger charge is 2.34. The number of rotatable bonds is 7. The van der Waals surface area contributed by atoms with Crippen LogP contribution in [0.25, 0.3) is 0 Å². The number of halogens is 1. The first-order chi connectivity index (χ1) is 15.8. The Labute approximate surface area is 193 Å². The van der Waals surface area contributed by atoms with E-state index in [9.17, 15) is 22.4 Å². The quantitative estimate of drug-likeness (QED) is 0.670. The lowest BCUT2D eigenvalue weighted by atomic mass is 10.1. The Hall–Kier alpha value is -2.78. The van der Waals surface area contributed by atoms with Crippen LogP contribution in [0.3, 0.4) is 0 Å². The number of anilines is 1. The summed E-state index contributed by atoms with van der Waals surface area (Å²) in [7, 11) is -3.52. The topological polar surface area (TPSA) is 86.8 Å². The summed E-state index contributed by atoms with van der Waals surface area (Å²) in [6, 6.07) is 12.3. The highest BCUT2D eigenvalue weighted by Crippen LogP contribution is 2.24. The van der Waals surface area contributed by atoms with Gasteiger partial charge in [-0.05, 0) is 61.2 Å². The third kappa shape index (κ3) is 5.59. The molecule has 0 aromatic heterocycles. The van der Waals surface area contributed by atoms with Crippen molar-refractivity contribution in [2.45, 2.75) is 37.0 Å². The normalized spacial score (nSPS) is 19.6. The Balaban J connectivity index is 1.31. The monoisotopic (exact) mass is 473 g/mol. The molecule has 2 fully saturated rings. The SMILES string of the molecule is O=C(Nc1ccc(S(=O)(=O)N2CCCCC2)cc1)C1CC(=O)N(CCc2ccc(F)cc2)C1. The number of carbonyl (C=O) groups excluding carboxylic acids is 2. The maximum atomic E-state index is 13.0. The average molecular weight is 474 g/mol. The minimum atomic E-state index is -3.52. The molecule has 0 spiro atoms. The molecule has 2 aromatic carbocycles. The molecule has 0 bridgehead atoms. The molecule has 9 heteroatoms. The molecule has 1 atom stereocenters. The third-order valence-corrected chi connectivity index (χ3v) is 8.16. The number of piperidine rings is 1. The van der Waals surface area contributed by atoms with E-state index in [0.717, 1.165) is 24.8 Å². The van der Waals surface area contributed by atoms with Crippen LogP contribution in [0.15, 0.2) is 53.4 Å². The number of carbonyl (C=O) groups is 2. The van der Waals surface area contributed by atoms with Crippen molar-refractivity contribution in [3.8, 4) is 0 Å². The van der Waals surface area contributed by atoms with E-state index in [-0.39, 0.29) is 28.9 Å². The molecule has 33 heavy (non-hydrogen) atoms. The van der Waals surface area contributed by atoms with Gasteiger partial charge >= 0.3 is 0 Å². The molecule has 2 aromatic rings. The number of nitrogens with zero attached hydrogens (tertiary/aromatic N) is 2. The fraction of sp³-hybridized carbons (Fsp3) is 0.417. The molecule has 176 valence electrons. The van der Waals surface area contributed by atoms with Crippen molar-refractivity contribution >= 4 is 27.5 Å². The van der Waals surface area contributed by atoms with Crippen LogP contribution in [0.1, 0.15) is 31.2 Å². The molecule has 2 aliphatic rings. The lowest BCUT2D eigenvalue weighted by Crippen LogP contribution is -2.35. The van der Waals surface area contributed by atoms with Gasteiger partial charge in [0, 0.05) is 38.3 Å². The zero-order valence-corrected chi connectivity index (χ0v) is 19.2. The fourth-order valence-corrected chi connectivity index (χ4v) is 5.80. The van der Waals surface area contributed by atoms with Crippen LogP contribution in [0.2, 0.25) is 0 Å². The van der Waals surface area contributed by atoms with Crippen molar-refractivity contribution in [2.24, 2.45) is 5.92 Å².